The van der Waals surface area contributed by atoms with Crippen molar-refractivity contribution in [2.45, 2.75) is 32.0 Å². The second kappa shape index (κ2) is 8.38. The van der Waals surface area contributed by atoms with Crippen LogP contribution in [0.25, 0.3) is 0 Å². The van der Waals surface area contributed by atoms with Crippen molar-refractivity contribution in [3.63, 3.8) is 0 Å². The first kappa shape index (κ1) is 14.6. The minimum atomic E-state index is -0.575. The van der Waals surface area contributed by atoms with E-state index in [1.54, 1.807) is 0 Å². The lowest BCUT2D eigenvalue weighted by atomic mass is 10.2. The maximum Gasteiger partial charge on any atom is 0.509 e. The van der Waals surface area contributed by atoms with E-state index in [2.05, 4.69) is 16.9 Å². The molecular formula is C16H20O4. The molecule has 20 heavy (non-hydrogen) atoms. The minimum Gasteiger partial charge on any atom is -0.430 e. The molecule has 1 aliphatic rings. The smallest absolute Gasteiger partial charge is 0.430 e. The van der Waals surface area contributed by atoms with Crippen molar-refractivity contribution >= 4 is 6.16 Å². The number of hydrogen-bond donors (Lipinski definition) is 0. The highest BCUT2D eigenvalue weighted by atomic mass is 16.8. The quantitative estimate of drug-likeness (QED) is 0.414. The second-order valence-corrected chi connectivity index (χ2v) is 4.68. The Balaban J connectivity index is 1.46. The molecule has 4 heteroatoms. The van der Waals surface area contributed by atoms with Crippen LogP contribution < -0.4 is 0 Å². The summed E-state index contributed by atoms with van der Waals surface area (Å²) < 4.78 is 15.2. The fourth-order valence-electron chi connectivity index (χ4n) is 1.92. The van der Waals surface area contributed by atoms with Gasteiger partial charge in [-0.05, 0) is 30.9 Å². The van der Waals surface area contributed by atoms with E-state index in [0.717, 1.165) is 25.9 Å². The van der Waals surface area contributed by atoms with Gasteiger partial charge in [-0.15, -0.1) is 0 Å². The largest absolute Gasteiger partial charge is 0.509 e. The topological polar surface area (TPSA) is 44.8 Å². The molecule has 1 atom stereocenters. The molecule has 0 bridgehead atoms. The van der Waals surface area contributed by atoms with Crippen molar-refractivity contribution in [3.8, 4) is 0 Å². The minimum absolute atomic E-state index is 0.211. The van der Waals surface area contributed by atoms with Gasteiger partial charge in [0.1, 0.15) is 6.61 Å². The molecule has 1 aromatic carbocycles. The molecule has 0 spiro atoms. The number of hydrogen-bond acceptors (Lipinski definition) is 4. The maximum atomic E-state index is 10.7. The fraction of sp³-hybridized carbons (Fsp3) is 0.438. The van der Waals surface area contributed by atoms with Crippen LogP contribution in [0.4, 0.5) is 4.79 Å². The molecule has 0 aromatic heterocycles. The molecule has 1 heterocycles. The summed E-state index contributed by atoms with van der Waals surface area (Å²) in [6.07, 6.45) is 6.18. The molecule has 0 radical (unpaired) electrons. The van der Waals surface area contributed by atoms with Gasteiger partial charge in [-0.25, -0.2) is 4.79 Å². The van der Waals surface area contributed by atoms with Crippen molar-refractivity contribution in [1.29, 1.82) is 0 Å². The Morgan fingerprint density at radius 1 is 1.25 bits per heavy atom. The Hall–Kier alpha value is -1.81. The molecule has 1 fully saturated rings. The Labute approximate surface area is 119 Å². The zero-order valence-electron chi connectivity index (χ0n) is 11.5. The van der Waals surface area contributed by atoms with Gasteiger partial charge in [0.05, 0.1) is 6.61 Å². The van der Waals surface area contributed by atoms with Gasteiger partial charge in [-0.2, -0.15) is 0 Å². The summed E-state index contributed by atoms with van der Waals surface area (Å²) in [5, 5.41) is 0. The first-order chi connectivity index (χ1) is 9.84. The predicted octanol–water partition coefficient (Wildman–Crippen LogP) is 3.47. The third-order valence-corrected chi connectivity index (χ3v) is 2.98. The zero-order valence-corrected chi connectivity index (χ0v) is 11.5. The molecule has 2 rings (SSSR count). The summed E-state index contributed by atoms with van der Waals surface area (Å²) in [4.78, 5) is 10.7. The lowest BCUT2D eigenvalue weighted by Gasteiger charge is -2.03. The third kappa shape index (κ3) is 5.45. The number of allylic oxidation sites excluding steroid dienone is 1. The van der Waals surface area contributed by atoms with Crippen molar-refractivity contribution in [1.82, 2.24) is 0 Å². The van der Waals surface area contributed by atoms with Gasteiger partial charge >= 0.3 is 6.16 Å². The molecule has 0 aliphatic carbocycles. The van der Waals surface area contributed by atoms with Gasteiger partial charge in [0, 0.05) is 6.61 Å². The van der Waals surface area contributed by atoms with E-state index >= 15 is 0 Å². The van der Waals surface area contributed by atoms with Crippen LogP contribution >= 0.6 is 0 Å². The van der Waals surface area contributed by atoms with E-state index < -0.39 is 6.16 Å². The SMILES string of the molecule is O=C1OC[C@@H](/C=C/CCCCOCc2ccccc2)O1. The molecule has 108 valence electrons. The van der Waals surface area contributed by atoms with Gasteiger partial charge in [0.15, 0.2) is 6.10 Å². The molecule has 0 amide bonds. The van der Waals surface area contributed by atoms with Crippen LogP contribution in [0.5, 0.6) is 0 Å². The molecule has 1 aromatic rings. The molecule has 0 saturated carbocycles. The number of carbonyl (C=O) groups is 1. The molecule has 4 nitrogen and oxygen atoms in total. The Bertz CT molecular complexity index is 427. The molecule has 1 aliphatic heterocycles. The zero-order chi connectivity index (χ0) is 14.0. The first-order valence-electron chi connectivity index (χ1n) is 6.96. The Morgan fingerprint density at radius 3 is 2.85 bits per heavy atom. The summed E-state index contributed by atoms with van der Waals surface area (Å²) in [6.45, 7) is 1.77. The summed E-state index contributed by atoms with van der Waals surface area (Å²) >= 11 is 0. The number of carbonyl (C=O) groups excluding carboxylic acids is 1. The van der Waals surface area contributed by atoms with Crippen molar-refractivity contribution in [2.75, 3.05) is 13.2 Å². The van der Waals surface area contributed by atoms with Crippen LogP contribution in [0.2, 0.25) is 0 Å². The highest BCUT2D eigenvalue weighted by Gasteiger charge is 2.21. The number of ether oxygens (including phenoxy) is 3. The standard InChI is InChI=1S/C16H20O4/c17-16-19-13-15(20-16)10-6-1-2-7-11-18-12-14-8-4-3-5-9-14/h3-6,8-10,15H,1-2,7,11-13H2/b10-6+/t15-/m1/s1. The summed E-state index contributed by atoms with van der Waals surface area (Å²) in [5.41, 5.74) is 1.20. The Kier molecular flexibility index (Phi) is 6.11. The van der Waals surface area contributed by atoms with Crippen molar-refractivity contribution in [3.05, 3.63) is 48.0 Å². The normalized spacial score (nSPS) is 18.2. The monoisotopic (exact) mass is 276 g/mol. The summed E-state index contributed by atoms with van der Waals surface area (Å²) in [6, 6.07) is 10.2. The van der Waals surface area contributed by atoms with E-state index in [9.17, 15) is 4.79 Å². The highest BCUT2D eigenvalue weighted by molar-refractivity contribution is 5.62. The highest BCUT2D eigenvalue weighted by Crippen LogP contribution is 2.08. The van der Waals surface area contributed by atoms with Crippen LogP contribution in [0.3, 0.4) is 0 Å². The van der Waals surface area contributed by atoms with Crippen LogP contribution in [-0.4, -0.2) is 25.5 Å². The maximum absolute atomic E-state index is 10.7. The summed E-state index contributed by atoms with van der Waals surface area (Å²) in [7, 11) is 0. The second-order valence-electron chi connectivity index (χ2n) is 4.68. The van der Waals surface area contributed by atoms with E-state index in [1.807, 2.05) is 30.4 Å². The van der Waals surface area contributed by atoms with Gasteiger partial charge in [-0.1, -0.05) is 36.4 Å². The van der Waals surface area contributed by atoms with Crippen LogP contribution in [-0.2, 0) is 20.8 Å². The lowest BCUT2D eigenvalue weighted by molar-refractivity contribution is 0.117. The lowest BCUT2D eigenvalue weighted by Crippen LogP contribution is -2.04. The van der Waals surface area contributed by atoms with E-state index in [-0.39, 0.29) is 6.10 Å². The average Bonchev–Trinajstić information content (AvgIpc) is 2.88. The van der Waals surface area contributed by atoms with E-state index in [0.29, 0.717) is 13.2 Å². The van der Waals surface area contributed by atoms with E-state index in [4.69, 9.17) is 9.47 Å². The van der Waals surface area contributed by atoms with Crippen molar-refractivity contribution in [2.24, 2.45) is 0 Å². The number of unbranched alkanes of at least 4 members (excludes halogenated alkanes) is 2. The van der Waals surface area contributed by atoms with Crippen LogP contribution in [0, 0.1) is 0 Å². The first-order valence-corrected chi connectivity index (χ1v) is 6.96. The van der Waals surface area contributed by atoms with Crippen LogP contribution in [0.1, 0.15) is 24.8 Å². The van der Waals surface area contributed by atoms with Gasteiger partial charge in [0.25, 0.3) is 0 Å². The van der Waals surface area contributed by atoms with Gasteiger partial charge < -0.3 is 14.2 Å². The van der Waals surface area contributed by atoms with Gasteiger partial charge in [0.2, 0.25) is 0 Å². The number of cyclic esters (lactones) is 2. The molecule has 0 unspecified atom stereocenters. The summed E-state index contributed by atoms with van der Waals surface area (Å²) in [5.74, 6) is 0. The third-order valence-electron chi connectivity index (χ3n) is 2.98. The average molecular weight is 276 g/mol. The van der Waals surface area contributed by atoms with Crippen LogP contribution in [0.15, 0.2) is 42.5 Å². The van der Waals surface area contributed by atoms with Gasteiger partial charge in [-0.3, -0.25) is 0 Å². The Morgan fingerprint density at radius 2 is 2.10 bits per heavy atom. The van der Waals surface area contributed by atoms with E-state index in [1.165, 1.54) is 5.56 Å². The number of benzene rings is 1. The molecule has 0 N–H and O–H groups in total. The predicted molar refractivity (Wildman–Crippen MR) is 75.3 cm³/mol. The molecule has 1 saturated heterocycles. The molecular weight excluding hydrogens is 256 g/mol. The van der Waals surface area contributed by atoms with Crippen molar-refractivity contribution < 1.29 is 19.0 Å². The fourth-order valence-corrected chi connectivity index (χ4v) is 1.92. The number of rotatable bonds is 8.